The van der Waals surface area contributed by atoms with Crippen molar-refractivity contribution < 1.29 is 0 Å². The summed E-state index contributed by atoms with van der Waals surface area (Å²) < 4.78 is 6.46. The third-order valence-corrected chi connectivity index (χ3v) is 21.6. The molecule has 0 bridgehead atoms. The van der Waals surface area contributed by atoms with Gasteiger partial charge in [0.05, 0.1) is 0 Å². The Morgan fingerprint density at radius 3 is 1.74 bits per heavy atom. The van der Waals surface area contributed by atoms with Gasteiger partial charge >= 0.3 is 150 Å². The number of hydrogen-bond acceptors (Lipinski definition) is 0. The van der Waals surface area contributed by atoms with Crippen LogP contribution in [0, 0.1) is 13.8 Å². The Morgan fingerprint density at radius 1 is 0.870 bits per heavy atom. The second kappa shape index (κ2) is 10.6. The first-order chi connectivity index (χ1) is 11.1. The van der Waals surface area contributed by atoms with Gasteiger partial charge in [-0.2, -0.15) is 0 Å². The molecule has 0 unspecified atom stereocenters. The molecule has 0 spiro atoms. The van der Waals surface area contributed by atoms with Gasteiger partial charge < -0.3 is 0 Å². The first kappa shape index (κ1) is 20.8. The van der Waals surface area contributed by atoms with Crippen LogP contribution in [0.25, 0.3) is 6.08 Å². The third-order valence-electron chi connectivity index (χ3n) is 5.53. The van der Waals surface area contributed by atoms with Crippen LogP contribution in [-0.2, 0) is 0 Å². The topological polar surface area (TPSA) is 0 Å². The minimum absolute atomic E-state index is 1.34. The normalized spacial score (nSPS) is 11.7. The fourth-order valence-corrected chi connectivity index (χ4v) is 21.2. The Morgan fingerprint density at radius 2 is 1.35 bits per heavy atom. The van der Waals surface area contributed by atoms with Gasteiger partial charge in [0.2, 0.25) is 0 Å². The van der Waals surface area contributed by atoms with E-state index in [0.717, 1.165) is 0 Å². The molecule has 0 N–H and O–H groups in total. The van der Waals surface area contributed by atoms with E-state index in [9.17, 15) is 0 Å². The molecule has 23 heavy (non-hydrogen) atoms. The van der Waals surface area contributed by atoms with E-state index in [4.69, 9.17) is 0 Å². The summed E-state index contributed by atoms with van der Waals surface area (Å²) >= 11 is -2.30. The number of aryl methyl sites for hydroxylation is 1. The average Bonchev–Trinajstić information content (AvgIpc) is 2.55. The van der Waals surface area contributed by atoms with Crippen molar-refractivity contribution in [3.05, 3.63) is 35.4 Å². The molecule has 0 aliphatic rings. The zero-order valence-electron chi connectivity index (χ0n) is 16.3. The Labute approximate surface area is 149 Å². The zero-order valence-corrected chi connectivity index (χ0v) is 19.2. The summed E-state index contributed by atoms with van der Waals surface area (Å²) in [5.41, 5.74) is 4.37. The summed E-state index contributed by atoms with van der Waals surface area (Å²) in [6.45, 7) is 15.8. The first-order valence-corrected chi connectivity index (χ1v) is 17.3. The fraction of sp³-hybridized carbons (Fsp3) is 0.636. The van der Waals surface area contributed by atoms with Gasteiger partial charge in [-0.3, -0.25) is 0 Å². The minimum atomic E-state index is -2.30. The average molecular weight is 421 g/mol. The van der Waals surface area contributed by atoms with E-state index in [1.807, 2.05) is 3.58 Å². The zero-order chi connectivity index (χ0) is 17.3. The van der Waals surface area contributed by atoms with Crippen LogP contribution >= 0.6 is 0 Å². The van der Waals surface area contributed by atoms with Crippen LogP contribution in [0.4, 0.5) is 0 Å². The Hall–Kier alpha value is -0.241. The van der Waals surface area contributed by atoms with E-state index >= 15 is 0 Å². The molecule has 0 aromatic heterocycles. The van der Waals surface area contributed by atoms with E-state index in [1.165, 1.54) is 49.7 Å². The summed E-state index contributed by atoms with van der Waals surface area (Å²) in [6, 6.07) is 4.89. The maximum absolute atomic E-state index is 4.09. The number of rotatable bonds is 11. The van der Waals surface area contributed by atoms with Crippen LogP contribution in [-0.4, -0.2) is 18.4 Å². The van der Waals surface area contributed by atoms with Crippen molar-refractivity contribution >= 4 is 28.0 Å². The molecular formula is C22H38Sn. The summed E-state index contributed by atoms with van der Waals surface area (Å²) in [4.78, 5) is 0. The molecule has 0 aliphatic carbocycles. The quantitative estimate of drug-likeness (QED) is 0.338. The monoisotopic (exact) mass is 422 g/mol. The molecule has 0 atom stereocenters. The van der Waals surface area contributed by atoms with E-state index in [1.54, 1.807) is 18.9 Å². The molecule has 0 heterocycles. The molecule has 0 saturated carbocycles. The number of hydrogen-bond donors (Lipinski definition) is 0. The van der Waals surface area contributed by atoms with Crippen LogP contribution in [0.1, 0.15) is 76.0 Å². The standard InChI is InChI=1S/C10H11.3C4H9.Sn/c1-4-10-8(2)6-5-7-9(10)3;3*1-3-4-2;/h4-6H,1H2,2-3H3;3*1,3-4H2,2H3;. The summed E-state index contributed by atoms with van der Waals surface area (Å²) in [6.07, 6.45) is 10.4. The van der Waals surface area contributed by atoms with Crippen molar-refractivity contribution in [1.82, 2.24) is 0 Å². The predicted octanol–water partition coefficient (Wildman–Crippen LogP) is 7.00. The molecule has 0 saturated heterocycles. The van der Waals surface area contributed by atoms with Gasteiger partial charge in [-0.25, -0.2) is 0 Å². The molecule has 0 nitrogen and oxygen atoms in total. The Bertz CT molecular complexity index is 465. The van der Waals surface area contributed by atoms with Gasteiger partial charge in [-0.05, 0) is 0 Å². The maximum atomic E-state index is 4.09. The van der Waals surface area contributed by atoms with Crippen molar-refractivity contribution in [1.29, 1.82) is 0 Å². The van der Waals surface area contributed by atoms with Gasteiger partial charge in [0.25, 0.3) is 0 Å². The van der Waals surface area contributed by atoms with E-state index in [2.05, 4.69) is 59.4 Å². The summed E-state index contributed by atoms with van der Waals surface area (Å²) in [5.74, 6) is 0. The van der Waals surface area contributed by atoms with Crippen molar-refractivity contribution in [2.75, 3.05) is 0 Å². The molecule has 0 radical (unpaired) electrons. The fourth-order valence-electron chi connectivity index (χ4n) is 4.08. The molecule has 1 aromatic carbocycles. The summed E-state index contributed by atoms with van der Waals surface area (Å²) in [7, 11) is 0. The van der Waals surface area contributed by atoms with Gasteiger partial charge in [-0.1, -0.05) is 0 Å². The number of unbranched alkanes of at least 4 members (excludes halogenated alkanes) is 3. The van der Waals surface area contributed by atoms with Crippen molar-refractivity contribution in [3.8, 4) is 0 Å². The van der Waals surface area contributed by atoms with Crippen LogP contribution in [0.2, 0.25) is 13.3 Å². The van der Waals surface area contributed by atoms with Gasteiger partial charge in [-0.15, -0.1) is 0 Å². The Balaban J connectivity index is 3.37. The molecule has 1 rings (SSSR count). The van der Waals surface area contributed by atoms with Gasteiger partial charge in [0, 0.05) is 0 Å². The van der Waals surface area contributed by atoms with Crippen LogP contribution in [0.5, 0.6) is 0 Å². The predicted molar refractivity (Wildman–Crippen MR) is 111 cm³/mol. The molecular weight excluding hydrogens is 383 g/mol. The van der Waals surface area contributed by atoms with Crippen molar-refractivity contribution in [2.24, 2.45) is 0 Å². The van der Waals surface area contributed by atoms with Gasteiger partial charge in [0.1, 0.15) is 0 Å². The second-order valence-corrected chi connectivity index (χ2v) is 20.4. The SMILES string of the molecule is C=Cc1c(C)cc[c]([Sn]([CH2]CCC)([CH2]CCC)[CH2]CCC)c1C. The van der Waals surface area contributed by atoms with Crippen LogP contribution in [0.3, 0.4) is 0 Å². The summed E-state index contributed by atoms with van der Waals surface area (Å²) in [5, 5.41) is 0. The van der Waals surface area contributed by atoms with E-state index in [0.29, 0.717) is 0 Å². The van der Waals surface area contributed by atoms with Crippen LogP contribution in [0.15, 0.2) is 18.7 Å². The second-order valence-electron chi connectivity index (χ2n) is 7.26. The van der Waals surface area contributed by atoms with Gasteiger partial charge in [0.15, 0.2) is 0 Å². The molecule has 0 fully saturated rings. The third kappa shape index (κ3) is 5.37. The molecule has 1 aromatic rings. The molecule has 0 aliphatic heterocycles. The molecule has 0 amide bonds. The van der Waals surface area contributed by atoms with Crippen molar-refractivity contribution in [2.45, 2.75) is 86.5 Å². The first-order valence-electron chi connectivity index (χ1n) is 9.79. The molecule has 1 heteroatoms. The Kier molecular flexibility index (Phi) is 9.58. The van der Waals surface area contributed by atoms with Crippen molar-refractivity contribution in [3.63, 3.8) is 0 Å². The number of benzene rings is 1. The van der Waals surface area contributed by atoms with E-state index < -0.39 is 18.4 Å². The van der Waals surface area contributed by atoms with E-state index in [-0.39, 0.29) is 0 Å². The van der Waals surface area contributed by atoms with Crippen LogP contribution < -0.4 is 3.58 Å². The molecule has 130 valence electrons.